The van der Waals surface area contributed by atoms with Crippen molar-refractivity contribution in [2.75, 3.05) is 26.2 Å². The molecule has 1 atom stereocenters. The third-order valence-corrected chi connectivity index (χ3v) is 8.90. The van der Waals surface area contributed by atoms with Crippen LogP contribution in [-0.4, -0.2) is 65.1 Å². The van der Waals surface area contributed by atoms with Crippen LogP contribution in [0.25, 0.3) is 0 Å². The van der Waals surface area contributed by atoms with Crippen molar-refractivity contribution < 1.29 is 19.1 Å². The number of aromatic nitrogens is 2. The van der Waals surface area contributed by atoms with Crippen molar-refractivity contribution in [3.05, 3.63) is 52.0 Å². The van der Waals surface area contributed by atoms with Gasteiger partial charge in [0.25, 0.3) is 0 Å². The molecule has 40 heavy (non-hydrogen) atoms. The van der Waals surface area contributed by atoms with Crippen LogP contribution >= 0.6 is 23.2 Å². The number of imidazole rings is 1. The number of benzene rings is 1. The highest BCUT2D eigenvalue weighted by atomic mass is 35.5. The SMILES string of the molecule is CCOC(=O)C1(C2CCCCC2)CCN(C(=O)[C@@H](Cc2ccc(Cl)cc2Cl)NC(=O)NCCc2cnc[nH]2)CC1. The summed E-state index contributed by atoms with van der Waals surface area (Å²) in [6.07, 6.45) is 10.7. The zero-order valence-corrected chi connectivity index (χ0v) is 24.5. The van der Waals surface area contributed by atoms with E-state index in [0.29, 0.717) is 61.1 Å². The minimum absolute atomic E-state index is 0.131. The fourth-order valence-electron chi connectivity index (χ4n) is 6.10. The first-order valence-electron chi connectivity index (χ1n) is 14.2. The van der Waals surface area contributed by atoms with Gasteiger partial charge in [-0.2, -0.15) is 0 Å². The van der Waals surface area contributed by atoms with Crippen LogP contribution in [0.3, 0.4) is 0 Å². The molecule has 0 unspecified atom stereocenters. The fraction of sp³-hybridized carbons (Fsp3) is 0.586. The van der Waals surface area contributed by atoms with Gasteiger partial charge in [0.15, 0.2) is 0 Å². The summed E-state index contributed by atoms with van der Waals surface area (Å²) in [5.41, 5.74) is 1.05. The lowest BCUT2D eigenvalue weighted by Gasteiger charge is -2.46. The molecule has 2 heterocycles. The van der Waals surface area contributed by atoms with Gasteiger partial charge in [0.05, 0.1) is 18.3 Å². The Kier molecular flexibility index (Phi) is 10.7. The lowest BCUT2D eigenvalue weighted by molar-refractivity contribution is -0.166. The number of ether oxygens (including phenoxy) is 1. The topological polar surface area (TPSA) is 116 Å². The van der Waals surface area contributed by atoms with E-state index in [0.717, 1.165) is 31.4 Å². The molecule has 1 aliphatic heterocycles. The number of rotatable bonds is 10. The summed E-state index contributed by atoms with van der Waals surface area (Å²) in [6, 6.07) is 3.84. The third kappa shape index (κ3) is 7.49. The molecule has 3 amide bonds. The molecule has 2 aliphatic rings. The Morgan fingerprint density at radius 1 is 1.18 bits per heavy atom. The number of H-pyrrole nitrogens is 1. The Labute approximate surface area is 245 Å². The minimum Gasteiger partial charge on any atom is -0.466 e. The van der Waals surface area contributed by atoms with Crippen LogP contribution in [0.5, 0.6) is 0 Å². The van der Waals surface area contributed by atoms with Crippen LogP contribution in [-0.2, 0) is 27.2 Å². The van der Waals surface area contributed by atoms with Gasteiger partial charge in [-0.3, -0.25) is 9.59 Å². The van der Waals surface area contributed by atoms with Crippen molar-refractivity contribution in [3.63, 3.8) is 0 Å². The van der Waals surface area contributed by atoms with E-state index in [1.165, 1.54) is 6.42 Å². The Morgan fingerprint density at radius 2 is 1.93 bits per heavy atom. The Morgan fingerprint density at radius 3 is 2.58 bits per heavy atom. The molecular formula is C29H39Cl2N5O4. The molecule has 1 saturated carbocycles. The smallest absolute Gasteiger partial charge is 0.315 e. The van der Waals surface area contributed by atoms with E-state index < -0.39 is 17.5 Å². The van der Waals surface area contributed by atoms with Gasteiger partial charge in [0.1, 0.15) is 6.04 Å². The summed E-state index contributed by atoms with van der Waals surface area (Å²) < 4.78 is 5.56. The van der Waals surface area contributed by atoms with Crippen molar-refractivity contribution in [2.45, 2.75) is 70.8 Å². The summed E-state index contributed by atoms with van der Waals surface area (Å²) >= 11 is 12.5. The van der Waals surface area contributed by atoms with Crippen molar-refractivity contribution in [1.82, 2.24) is 25.5 Å². The first kappa shape index (κ1) is 30.2. The number of halogens is 2. The number of carbonyl (C=O) groups excluding carboxylic acids is 3. The second kappa shape index (κ2) is 14.2. The van der Waals surface area contributed by atoms with Gasteiger partial charge >= 0.3 is 12.0 Å². The molecule has 218 valence electrons. The van der Waals surface area contributed by atoms with Crippen molar-refractivity contribution >= 4 is 41.1 Å². The van der Waals surface area contributed by atoms with E-state index in [4.69, 9.17) is 27.9 Å². The second-order valence-electron chi connectivity index (χ2n) is 10.8. The van der Waals surface area contributed by atoms with Gasteiger partial charge in [-0.05, 0) is 56.2 Å². The van der Waals surface area contributed by atoms with Gasteiger partial charge in [0.2, 0.25) is 5.91 Å². The number of aromatic amines is 1. The van der Waals surface area contributed by atoms with Crippen molar-refractivity contribution in [1.29, 1.82) is 0 Å². The van der Waals surface area contributed by atoms with Gasteiger partial charge in [-0.15, -0.1) is 0 Å². The summed E-state index contributed by atoms with van der Waals surface area (Å²) in [4.78, 5) is 48.7. The van der Waals surface area contributed by atoms with Crippen LogP contribution in [0.2, 0.25) is 10.0 Å². The zero-order chi connectivity index (χ0) is 28.5. The number of nitrogens with zero attached hydrogens (tertiary/aromatic N) is 2. The molecule has 1 aliphatic carbocycles. The number of carbonyl (C=O) groups is 3. The lowest BCUT2D eigenvalue weighted by Crippen LogP contribution is -2.56. The first-order valence-corrected chi connectivity index (χ1v) is 15.0. The monoisotopic (exact) mass is 591 g/mol. The van der Waals surface area contributed by atoms with Crippen molar-refractivity contribution in [2.24, 2.45) is 11.3 Å². The average molecular weight is 593 g/mol. The van der Waals surface area contributed by atoms with E-state index in [1.807, 2.05) is 6.92 Å². The molecule has 11 heteroatoms. The normalized spacial score (nSPS) is 18.1. The number of hydrogen-bond donors (Lipinski definition) is 3. The number of esters is 1. The van der Waals surface area contributed by atoms with E-state index in [9.17, 15) is 14.4 Å². The summed E-state index contributed by atoms with van der Waals surface area (Å²) in [6.45, 7) is 3.43. The minimum atomic E-state index is -0.837. The fourth-order valence-corrected chi connectivity index (χ4v) is 6.59. The van der Waals surface area contributed by atoms with Crippen molar-refractivity contribution in [3.8, 4) is 0 Å². The molecular weight excluding hydrogens is 553 g/mol. The maximum Gasteiger partial charge on any atom is 0.315 e. The molecule has 3 N–H and O–H groups in total. The zero-order valence-electron chi connectivity index (χ0n) is 23.0. The molecule has 0 bridgehead atoms. The quantitative estimate of drug-likeness (QED) is 0.339. The lowest BCUT2D eigenvalue weighted by atomic mass is 9.63. The highest BCUT2D eigenvalue weighted by molar-refractivity contribution is 6.35. The number of piperidine rings is 1. The van der Waals surface area contributed by atoms with Crippen LogP contribution in [0.4, 0.5) is 4.79 Å². The molecule has 2 fully saturated rings. The maximum atomic E-state index is 13.8. The first-order chi connectivity index (χ1) is 19.3. The predicted octanol–water partition coefficient (Wildman–Crippen LogP) is 4.92. The van der Waals surface area contributed by atoms with E-state index >= 15 is 0 Å². The molecule has 0 spiro atoms. The number of nitrogens with one attached hydrogen (secondary N) is 3. The highest BCUT2D eigenvalue weighted by Gasteiger charge is 2.49. The van der Waals surface area contributed by atoms with Crippen LogP contribution in [0.15, 0.2) is 30.7 Å². The molecule has 9 nitrogen and oxygen atoms in total. The average Bonchev–Trinajstić information content (AvgIpc) is 3.48. The molecule has 1 aromatic carbocycles. The van der Waals surface area contributed by atoms with Crippen LogP contribution < -0.4 is 10.6 Å². The predicted molar refractivity (Wildman–Crippen MR) is 154 cm³/mol. The largest absolute Gasteiger partial charge is 0.466 e. The number of hydrogen-bond acceptors (Lipinski definition) is 5. The molecule has 2 aromatic rings. The summed E-state index contributed by atoms with van der Waals surface area (Å²) in [7, 11) is 0. The maximum absolute atomic E-state index is 13.8. The van der Waals surface area contributed by atoms with Gasteiger partial charge < -0.3 is 25.3 Å². The summed E-state index contributed by atoms with van der Waals surface area (Å²) in [5.74, 6) is -0.0518. The van der Waals surface area contributed by atoms with E-state index in [1.54, 1.807) is 35.6 Å². The second-order valence-corrected chi connectivity index (χ2v) is 11.6. The molecule has 1 saturated heterocycles. The number of amides is 3. The molecule has 0 radical (unpaired) electrons. The third-order valence-electron chi connectivity index (χ3n) is 8.31. The summed E-state index contributed by atoms with van der Waals surface area (Å²) in [5, 5.41) is 6.61. The molecule has 1 aromatic heterocycles. The van der Waals surface area contributed by atoms with Gasteiger partial charge in [-0.1, -0.05) is 48.5 Å². The Hall–Kier alpha value is -2.78. The Balaban J connectivity index is 1.45. The highest BCUT2D eigenvalue weighted by Crippen LogP contribution is 2.47. The number of urea groups is 1. The molecule has 4 rings (SSSR count). The Bertz CT molecular complexity index is 1150. The van der Waals surface area contributed by atoms with Crippen LogP contribution in [0.1, 0.15) is 63.1 Å². The van der Waals surface area contributed by atoms with Crippen LogP contribution in [0, 0.1) is 11.3 Å². The van der Waals surface area contributed by atoms with E-state index in [-0.39, 0.29) is 24.2 Å². The standard InChI is InChI=1S/C29H39Cl2N5O4/c1-2-40-27(38)29(21-6-4-3-5-7-21)11-14-36(15-12-29)26(37)25(16-20-8-9-22(30)17-24(20)31)35-28(39)33-13-10-23-18-32-19-34-23/h8-9,17-19,21,25H,2-7,10-16H2,1H3,(H,32,34)(H2,33,35,39)/t25-/m1/s1. The van der Waals surface area contributed by atoms with Gasteiger partial charge in [0, 0.05) is 54.4 Å². The van der Waals surface area contributed by atoms with Gasteiger partial charge in [-0.25, -0.2) is 9.78 Å². The van der Waals surface area contributed by atoms with E-state index in [2.05, 4.69) is 20.6 Å². The number of likely N-dealkylation sites (tertiary alicyclic amines) is 1.